The van der Waals surface area contributed by atoms with Crippen LogP contribution in [0.4, 0.5) is 0 Å². The molecule has 3 aromatic carbocycles. The Labute approximate surface area is 267 Å². The van der Waals surface area contributed by atoms with E-state index in [4.69, 9.17) is 24.5 Å². The van der Waals surface area contributed by atoms with E-state index in [0.717, 1.165) is 22.0 Å². The lowest BCUT2D eigenvalue weighted by Gasteiger charge is -2.27. The zero-order valence-corrected chi connectivity index (χ0v) is 26.9. The highest BCUT2D eigenvalue weighted by molar-refractivity contribution is 9.10. The first kappa shape index (κ1) is 31.0. The van der Waals surface area contributed by atoms with Crippen LogP contribution in [-0.2, 0) is 16.1 Å². The zero-order valence-electron chi connectivity index (χ0n) is 24.5. The van der Waals surface area contributed by atoms with Crippen molar-refractivity contribution < 1.29 is 19.0 Å². The van der Waals surface area contributed by atoms with Gasteiger partial charge in [0, 0.05) is 10.0 Å². The lowest BCUT2D eigenvalue weighted by molar-refractivity contribution is -0.139. The Kier molecular flexibility index (Phi) is 9.78. The van der Waals surface area contributed by atoms with Crippen LogP contribution >= 0.6 is 27.3 Å². The average Bonchev–Trinajstić information content (AvgIpc) is 3.34. The number of rotatable bonds is 10. The van der Waals surface area contributed by atoms with Gasteiger partial charge in [0.2, 0.25) is 0 Å². The molecule has 44 heavy (non-hydrogen) atoms. The smallest absolute Gasteiger partial charge is 0.338 e. The van der Waals surface area contributed by atoms with Crippen molar-refractivity contribution in [3.63, 3.8) is 0 Å². The third-order valence-corrected chi connectivity index (χ3v) is 8.52. The quantitative estimate of drug-likeness (QED) is 0.198. The van der Waals surface area contributed by atoms with Gasteiger partial charge in [0.15, 0.2) is 4.80 Å². The monoisotopic (exact) mass is 671 g/mol. The van der Waals surface area contributed by atoms with Crippen molar-refractivity contribution in [3.8, 4) is 17.6 Å². The molecule has 4 aromatic rings. The largest absolute Gasteiger partial charge is 0.496 e. The van der Waals surface area contributed by atoms with Crippen LogP contribution in [0.2, 0.25) is 0 Å². The highest BCUT2D eigenvalue weighted by atomic mass is 79.9. The summed E-state index contributed by atoms with van der Waals surface area (Å²) < 4.78 is 19.9. The van der Waals surface area contributed by atoms with Gasteiger partial charge in [-0.05, 0) is 73.0 Å². The minimum absolute atomic E-state index is 0.196. The average molecular weight is 673 g/mol. The van der Waals surface area contributed by atoms with Gasteiger partial charge in [0.05, 0.1) is 41.2 Å². The van der Waals surface area contributed by atoms with Crippen molar-refractivity contribution in [2.45, 2.75) is 39.3 Å². The zero-order chi connectivity index (χ0) is 31.2. The molecule has 5 rings (SSSR count). The van der Waals surface area contributed by atoms with E-state index < -0.39 is 12.0 Å². The van der Waals surface area contributed by atoms with Gasteiger partial charge in [-0.1, -0.05) is 64.9 Å². The molecule has 0 aliphatic carbocycles. The molecule has 1 aliphatic heterocycles. The number of fused-ring (bicyclic) bond motifs is 1. The Morgan fingerprint density at radius 1 is 1.11 bits per heavy atom. The molecular formula is C34H30BrN3O5S. The van der Waals surface area contributed by atoms with E-state index >= 15 is 0 Å². The first-order chi connectivity index (χ1) is 21.4. The number of hydrogen-bond donors (Lipinski definition) is 0. The molecule has 1 aliphatic rings. The first-order valence-corrected chi connectivity index (χ1v) is 15.7. The number of methoxy groups -OCH3 is 1. The van der Waals surface area contributed by atoms with Crippen molar-refractivity contribution in [2.75, 3.05) is 13.7 Å². The van der Waals surface area contributed by atoms with E-state index in [1.165, 1.54) is 11.3 Å². The Balaban J connectivity index is 1.55. The lowest BCUT2D eigenvalue weighted by Crippen LogP contribution is -2.40. The fourth-order valence-electron chi connectivity index (χ4n) is 4.99. The molecule has 1 atom stereocenters. The molecule has 0 bridgehead atoms. The lowest BCUT2D eigenvalue weighted by atomic mass is 9.93. The summed E-state index contributed by atoms with van der Waals surface area (Å²) in [6.45, 7) is 4.34. The number of benzene rings is 3. The van der Waals surface area contributed by atoms with Crippen molar-refractivity contribution in [1.29, 1.82) is 5.26 Å². The predicted octanol–water partition coefficient (Wildman–Crippen LogP) is 5.80. The SMILES string of the molecule is CCCC1=C(C(=O)OCC)[C@H](c2cc(Br)ccc2OC)n2c(s/c(=C/c3ccc(OCc4ccc(C#N)cc4)cc3)c2=O)=N1. The van der Waals surface area contributed by atoms with Crippen LogP contribution in [0.3, 0.4) is 0 Å². The summed E-state index contributed by atoms with van der Waals surface area (Å²) >= 11 is 4.83. The Hall–Kier alpha value is -4.46. The topological polar surface area (TPSA) is 103 Å². The molecule has 0 unspecified atom stereocenters. The van der Waals surface area contributed by atoms with Gasteiger partial charge >= 0.3 is 5.97 Å². The minimum Gasteiger partial charge on any atom is -0.496 e. The molecule has 1 aromatic heterocycles. The Bertz CT molecular complexity index is 1940. The van der Waals surface area contributed by atoms with E-state index in [2.05, 4.69) is 22.0 Å². The number of aromatic nitrogens is 1. The van der Waals surface area contributed by atoms with Crippen LogP contribution < -0.4 is 24.4 Å². The molecular weight excluding hydrogens is 642 g/mol. The number of nitriles is 1. The van der Waals surface area contributed by atoms with Crippen molar-refractivity contribution in [3.05, 3.63) is 124 Å². The molecule has 0 amide bonds. The number of carbonyl (C=O) groups excluding carboxylic acids is 1. The van der Waals surface area contributed by atoms with Gasteiger partial charge in [0.25, 0.3) is 5.56 Å². The minimum atomic E-state index is -0.778. The van der Waals surface area contributed by atoms with Gasteiger partial charge in [0.1, 0.15) is 24.1 Å². The van der Waals surface area contributed by atoms with Crippen LogP contribution in [0.25, 0.3) is 6.08 Å². The Morgan fingerprint density at radius 3 is 2.52 bits per heavy atom. The number of hydrogen-bond acceptors (Lipinski definition) is 8. The van der Waals surface area contributed by atoms with E-state index in [1.54, 1.807) is 30.7 Å². The molecule has 0 radical (unpaired) electrons. The van der Waals surface area contributed by atoms with E-state index in [0.29, 0.717) is 56.3 Å². The van der Waals surface area contributed by atoms with Crippen LogP contribution in [0, 0.1) is 11.3 Å². The number of allylic oxidation sites excluding steroid dienone is 1. The predicted molar refractivity (Wildman–Crippen MR) is 172 cm³/mol. The standard InChI is InChI=1S/C34H30BrN3O5S/c1-4-6-27-30(33(40)42-5-2)31(26-18-24(35)13-16-28(26)41-3)38-32(39)29(44-34(38)37-27)17-21-11-14-25(15-12-21)43-20-23-9-7-22(19-36)8-10-23/h7-18,31H,4-6,20H2,1-3H3/b29-17+/t31-/m0/s1. The summed E-state index contributed by atoms with van der Waals surface area (Å²) in [6.07, 6.45) is 3.13. The fourth-order valence-corrected chi connectivity index (χ4v) is 6.39. The van der Waals surface area contributed by atoms with E-state index in [1.807, 2.05) is 67.6 Å². The molecule has 224 valence electrons. The van der Waals surface area contributed by atoms with Crippen molar-refractivity contribution in [1.82, 2.24) is 4.57 Å². The molecule has 2 heterocycles. The maximum atomic E-state index is 14.1. The fraction of sp³-hybridized carbons (Fsp3) is 0.235. The summed E-state index contributed by atoms with van der Waals surface area (Å²) in [4.78, 5) is 32.8. The first-order valence-electron chi connectivity index (χ1n) is 14.1. The van der Waals surface area contributed by atoms with E-state index in [9.17, 15) is 9.59 Å². The van der Waals surface area contributed by atoms with Gasteiger partial charge in [-0.25, -0.2) is 9.79 Å². The Morgan fingerprint density at radius 2 is 1.86 bits per heavy atom. The van der Waals surface area contributed by atoms with Crippen molar-refractivity contribution in [2.24, 2.45) is 4.99 Å². The maximum Gasteiger partial charge on any atom is 0.338 e. The van der Waals surface area contributed by atoms with Gasteiger partial charge in [-0.3, -0.25) is 9.36 Å². The summed E-state index contributed by atoms with van der Waals surface area (Å²) in [5.41, 5.74) is 3.71. The second kappa shape index (κ2) is 13.9. The second-order valence-electron chi connectivity index (χ2n) is 9.97. The summed E-state index contributed by atoms with van der Waals surface area (Å²) in [7, 11) is 1.56. The van der Waals surface area contributed by atoms with Crippen LogP contribution in [0.5, 0.6) is 11.5 Å². The summed E-state index contributed by atoms with van der Waals surface area (Å²) in [5, 5.41) is 8.98. The molecule has 0 saturated carbocycles. The molecule has 10 heteroatoms. The van der Waals surface area contributed by atoms with E-state index in [-0.39, 0.29) is 12.2 Å². The number of carbonyl (C=O) groups is 1. The molecule has 0 saturated heterocycles. The third-order valence-electron chi connectivity index (χ3n) is 7.04. The number of halogens is 1. The molecule has 0 N–H and O–H groups in total. The number of nitrogens with zero attached hydrogens (tertiary/aromatic N) is 3. The van der Waals surface area contributed by atoms with Crippen LogP contribution in [0.15, 0.2) is 92.3 Å². The number of thiazole rings is 1. The molecule has 8 nitrogen and oxygen atoms in total. The number of esters is 1. The van der Waals surface area contributed by atoms with Gasteiger partial charge in [-0.15, -0.1) is 0 Å². The van der Waals surface area contributed by atoms with Crippen LogP contribution in [-0.4, -0.2) is 24.3 Å². The van der Waals surface area contributed by atoms with Crippen LogP contribution in [0.1, 0.15) is 55.0 Å². The molecule has 0 spiro atoms. The maximum absolute atomic E-state index is 14.1. The van der Waals surface area contributed by atoms with Crippen molar-refractivity contribution >= 4 is 39.3 Å². The normalized spacial score (nSPS) is 14.4. The van der Waals surface area contributed by atoms with Gasteiger partial charge in [-0.2, -0.15) is 5.26 Å². The summed E-state index contributed by atoms with van der Waals surface area (Å²) in [6, 6.07) is 21.6. The second-order valence-corrected chi connectivity index (χ2v) is 11.9. The van der Waals surface area contributed by atoms with Gasteiger partial charge < -0.3 is 14.2 Å². The number of ether oxygens (including phenoxy) is 3. The summed E-state index contributed by atoms with van der Waals surface area (Å²) in [5.74, 6) is 0.722. The molecule has 0 fully saturated rings. The highest BCUT2D eigenvalue weighted by Crippen LogP contribution is 2.38. The third kappa shape index (κ3) is 6.54. The highest BCUT2D eigenvalue weighted by Gasteiger charge is 2.36.